The Hall–Kier alpha value is -1.35. The molecule has 0 atom stereocenters. The molecule has 24 heavy (non-hydrogen) atoms. The van der Waals surface area contributed by atoms with Crippen molar-refractivity contribution in [1.29, 1.82) is 0 Å². The van der Waals surface area contributed by atoms with E-state index in [1.165, 1.54) is 0 Å². The summed E-state index contributed by atoms with van der Waals surface area (Å²) in [5, 5.41) is 6.58. The van der Waals surface area contributed by atoms with E-state index in [1.807, 2.05) is 32.2 Å². The fourth-order valence-corrected chi connectivity index (χ4v) is 2.35. The molecular formula is C17H28IN5O. The Morgan fingerprint density at radius 3 is 2.75 bits per heavy atom. The van der Waals surface area contributed by atoms with Gasteiger partial charge < -0.3 is 19.9 Å². The average molecular weight is 445 g/mol. The maximum atomic E-state index is 5.34. The van der Waals surface area contributed by atoms with Crippen LogP contribution in [0.3, 0.4) is 0 Å². The van der Waals surface area contributed by atoms with Crippen LogP contribution in [0.15, 0.2) is 29.3 Å². The topological polar surface area (TPSA) is 63.5 Å². The molecule has 0 aliphatic heterocycles. The fraction of sp³-hybridized carbons (Fsp3) is 0.529. The molecule has 0 spiro atoms. The molecule has 0 saturated heterocycles. The number of nitrogens with zero attached hydrogens (tertiary/aromatic N) is 3. The predicted octanol–water partition coefficient (Wildman–Crippen LogP) is 2.67. The summed E-state index contributed by atoms with van der Waals surface area (Å²) >= 11 is 0. The van der Waals surface area contributed by atoms with Crippen molar-refractivity contribution < 1.29 is 4.74 Å². The summed E-state index contributed by atoms with van der Waals surface area (Å²) in [6.45, 7) is 7.83. The van der Waals surface area contributed by atoms with Crippen molar-refractivity contribution in [3.8, 4) is 0 Å². The number of nitrogens with one attached hydrogen (secondary N) is 2. The number of fused-ring (bicyclic) bond motifs is 1. The molecule has 2 N–H and O–H groups in total. The molecule has 0 aliphatic carbocycles. The molecule has 1 aromatic carbocycles. The summed E-state index contributed by atoms with van der Waals surface area (Å²) in [5.41, 5.74) is 2.14. The standard InChI is InChI=1S/C17H27N5O.HI/c1-4-18-17(19-11-8-12-23-5-2)20-13-16-21-14-9-6-7-10-15(14)22(16)3;/h6-7,9-10H,4-5,8,11-13H2,1-3H3,(H2,18,19,20);1H. The van der Waals surface area contributed by atoms with Gasteiger partial charge in [0.1, 0.15) is 12.4 Å². The van der Waals surface area contributed by atoms with Gasteiger partial charge in [-0.2, -0.15) is 0 Å². The van der Waals surface area contributed by atoms with E-state index in [1.54, 1.807) is 0 Å². The Morgan fingerprint density at radius 1 is 1.25 bits per heavy atom. The number of aliphatic imine (C=N–C) groups is 1. The third-order valence-corrected chi connectivity index (χ3v) is 3.56. The molecule has 134 valence electrons. The minimum Gasteiger partial charge on any atom is -0.382 e. The van der Waals surface area contributed by atoms with Gasteiger partial charge in [-0.05, 0) is 32.4 Å². The molecule has 7 heteroatoms. The first kappa shape index (κ1) is 20.7. The first-order valence-corrected chi connectivity index (χ1v) is 8.26. The predicted molar refractivity (Wildman–Crippen MR) is 110 cm³/mol. The second kappa shape index (κ2) is 11.2. The van der Waals surface area contributed by atoms with Gasteiger partial charge in [0.05, 0.1) is 11.0 Å². The zero-order valence-corrected chi connectivity index (χ0v) is 17.0. The number of imidazole rings is 1. The van der Waals surface area contributed by atoms with Crippen LogP contribution >= 0.6 is 24.0 Å². The van der Waals surface area contributed by atoms with E-state index in [0.29, 0.717) is 6.54 Å². The number of para-hydroxylation sites is 2. The Bertz CT molecular complexity index is 641. The maximum absolute atomic E-state index is 5.34. The Labute approximate surface area is 161 Å². The van der Waals surface area contributed by atoms with Gasteiger partial charge in [0.25, 0.3) is 0 Å². The summed E-state index contributed by atoms with van der Waals surface area (Å²) in [4.78, 5) is 9.27. The fourth-order valence-electron chi connectivity index (χ4n) is 2.35. The lowest BCUT2D eigenvalue weighted by Crippen LogP contribution is -2.38. The van der Waals surface area contributed by atoms with Crippen LogP contribution in [0, 0.1) is 0 Å². The highest BCUT2D eigenvalue weighted by atomic mass is 127. The van der Waals surface area contributed by atoms with Gasteiger partial charge in [0.2, 0.25) is 0 Å². The highest BCUT2D eigenvalue weighted by Gasteiger charge is 2.06. The van der Waals surface area contributed by atoms with Crippen molar-refractivity contribution in [1.82, 2.24) is 20.2 Å². The summed E-state index contributed by atoms with van der Waals surface area (Å²) in [6.07, 6.45) is 0.963. The summed E-state index contributed by atoms with van der Waals surface area (Å²) < 4.78 is 7.44. The van der Waals surface area contributed by atoms with E-state index in [9.17, 15) is 0 Å². The highest BCUT2D eigenvalue weighted by molar-refractivity contribution is 14.0. The Morgan fingerprint density at radius 2 is 2.04 bits per heavy atom. The molecule has 0 unspecified atom stereocenters. The van der Waals surface area contributed by atoms with Crippen LogP contribution in [0.4, 0.5) is 0 Å². The van der Waals surface area contributed by atoms with E-state index < -0.39 is 0 Å². The largest absolute Gasteiger partial charge is 0.382 e. The zero-order chi connectivity index (χ0) is 16.5. The number of rotatable bonds is 8. The number of aryl methyl sites for hydroxylation is 1. The third kappa shape index (κ3) is 5.94. The van der Waals surface area contributed by atoms with Gasteiger partial charge >= 0.3 is 0 Å². The number of ether oxygens (including phenoxy) is 1. The molecule has 1 aromatic heterocycles. The second-order valence-electron chi connectivity index (χ2n) is 5.25. The lowest BCUT2D eigenvalue weighted by Gasteiger charge is -2.11. The van der Waals surface area contributed by atoms with Crippen molar-refractivity contribution in [2.24, 2.45) is 12.0 Å². The summed E-state index contributed by atoms with van der Waals surface area (Å²) in [6, 6.07) is 8.14. The monoisotopic (exact) mass is 445 g/mol. The van der Waals surface area contributed by atoms with E-state index in [-0.39, 0.29) is 24.0 Å². The molecule has 1 heterocycles. The molecule has 0 saturated carbocycles. The van der Waals surface area contributed by atoms with E-state index in [4.69, 9.17) is 4.74 Å². The zero-order valence-electron chi connectivity index (χ0n) is 14.7. The van der Waals surface area contributed by atoms with Gasteiger partial charge in [0.15, 0.2) is 5.96 Å². The first-order valence-electron chi connectivity index (χ1n) is 8.26. The minimum atomic E-state index is 0. The Balaban J connectivity index is 0.00000288. The normalized spacial score (nSPS) is 11.4. The molecule has 0 radical (unpaired) electrons. The van der Waals surface area contributed by atoms with Crippen molar-refractivity contribution in [3.05, 3.63) is 30.1 Å². The SMILES string of the molecule is CCNC(=NCc1nc2ccccc2n1C)NCCCOCC.I. The molecular weight excluding hydrogens is 417 g/mol. The van der Waals surface area contributed by atoms with Gasteiger partial charge in [-0.1, -0.05) is 12.1 Å². The number of aromatic nitrogens is 2. The molecule has 0 bridgehead atoms. The van der Waals surface area contributed by atoms with Crippen LogP contribution in [0.25, 0.3) is 11.0 Å². The van der Waals surface area contributed by atoms with E-state index in [0.717, 1.165) is 55.5 Å². The number of hydrogen-bond donors (Lipinski definition) is 2. The van der Waals surface area contributed by atoms with Crippen LogP contribution in [-0.4, -0.2) is 41.8 Å². The number of benzene rings is 1. The molecule has 6 nitrogen and oxygen atoms in total. The first-order chi connectivity index (χ1) is 11.3. The maximum Gasteiger partial charge on any atom is 0.191 e. The summed E-state index contributed by atoms with van der Waals surface area (Å²) in [7, 11) is 2.03. The Kier molecular flexibility index (Phi) is 9.70. The molecule has 0 fully saturated rings. The average Bonchev–Trinajstić information content (AvgIpc) is 2.89. The van der Waals surface area contributed by atoms with Crippen molar-refractivity contribution in [2.75, 3.05) is 26.3 Å². The van der Waals surface area contributed by atoms with E-state index >= 15 is 0 Å². The second-order valence-corrected chi connectivity index (χ2v) is 5.25. The number of halogens is 1. The van der Waals surface area contributed by atoms with Crippen molar-refractivity contribution in [2.45, 2.75) is 26.8 Å². The highest BCUT2D eigenvalue weighted by Crippen LogP contribution is 2.14. The van der Waals surface area contributed by atoms with Crippen molar-refractivity contribution >= 4 is 41.0 Å². The smallest absolute Gasteiger partial charge is 0.191 e. The molecule has 0 aliphatic rings. The van der Waals surface area contributed by atoms with Gasteiger partial charge in [-0.25, -0.2) is 9.98 Å². The van der Waals surface area contributed by atoms with Crippen LogP contribution < -0.4 is 10.6 Å². The lowest BCUT2D eigenvalue weighted by atomic mass is 10.3. The van der Waals surface area contributed by atoms with Gasteiger partial charge in [-0.15, -0.1) is 24.0 Å². The van der Waals surface area contributed by atoms with Gasteiger partial charge in [0, 0.05) is 33.4 Å². The molecule has 0 amide bonds. The van der Waals surface area contributed by atoms with Crippen molar-refractivity contribution in [3.63, 3.8) is 0 Å². The third-order valence-electron chi connectivity index (χ3n) is 3.56. The van der Waals surface area contributed by atoms with Crippen LogP contribution in [0.1, 0.15) is 26.1 Å². The van der Waals surface area contributed by atoms with Crippen LogP contribution in [0.5, 0.6) is 0 Å². The number of guanidine groups is 1. The minimum absolute atomic E-state index is 0. The van der Waals surface area contributed by atoms with E-state index in [2.05, 4.69) is 38.2 Å². The lowest BCUT2D eigenvalue weighted by molar-refractivity contribution is 0.145. The van der Waals surface area contributed by atoms with Crippen LogP contribution in [0.2, 0.25) is 0 Å². The van der Waals surface area contributed by atoms with Crippen LogP contribution in [-0.2, 0) is 18.3 Å². The molecule has 2 aromatic rings. The molecule has 2 rings (SSSR count). The quantitative estimate of drug-likeness (QED) is 0.284. The summed E-state index contributed by atoms with van der Waals surface area (Å²) in [5.74, 6) is 1.77. The van der Waals surface area contributed by atoms with Gasteiger partial charge in [-0.3, -0.25) is 0 Å². The number of hydrogen-bond acceptors (Lipinski definition) is 3.